The summed E-state index contributed by atoms with van der Waals surface area (Å²) in [5.41, 5.74) is 18.2. The first-order valence-corrected chi connectivity index (χ1v) is 5.28. The lowest BCUT2D eigenvalue weighted by Crippen LogP contribution is -2.40. The number of nitrogens with two attached hydrogens (primary N) is 2. The minimum absolute atomic E-state index is 0.0140. The number of primary amides is 1. The molecule has 3 unspecified atom stereocenters. The van der Waals surface area contributed by atoms with Gasteiger partial charge in [-0.2, -0.15) is 0 Å². The van der Waals surface area contributed by atoms with E-state index < -0.39 is 0 Å². The number of carbonyl (C=O) groups excluding carboxylic acids is 1. The molecule has 86 valence electrons. The molecule has 1 aromatic rings. The summed E-state index contributed by atoms with van der Waals surface area (Å²) >= 11 is 0. The van der Waals surface area contributed by atoms with Gasteiger partial charge in [0.15, 0.2) is 0 Å². The maximum atomic E-state index is 11.0. The van der Waals surface area contributed by atoms with Crippen molar-refractivity contribution in [1.29, 1.82) is 0 Å². The topological polar surface area (TPSA) is 93.2 Å². The van der Waals surface area contributed by atoms with Crippen molar-refractivity contribution >= 4 is 5.91 Å². The normalized spacial score (nSPS) is 29.2. The number of carbonyl (C=O) groups is 1. The first-order valence-electron chi connectivity index (χ1n) is 5.28. The van der Waals surface area contributed by atoms with Crippen molar-refractivity contribution in [2.24, 2.45) is 17.4 Å². The molecule has 0 aliphatic carbocycles. The number of benzene rings is 1. The van der Waals surface area contributed by atoms with Gasteiger partial charge in [0, 0.05) is 12.3 Å². The number of amides is 1. The smallest absolute Gasteiger partial charge is 0.217 e. The molecule has 5 nitrogen and oxygen atoms in total. The van der Waals surface area contributed by atoms with Gasteiger partial charge >= 0.3 is 0 Å². The number of hydrogen-bond acceptors (Lipinski definition) is 4. The Morgan fingerprint density at radius 2 is 1.94 bits per heavy atom. The van der Waals surface area contributed by atoms with Crippen molar-refractivity contribution < 1.29 is 4.79 Å². The minimum Gasteiger partial charge on any atom is -0.370 e. The molecule has 1 aliphatic rings. The minimum atomic E-state index is -0.327. The molecule has 6 N–H and O–H groups in total. The lowest BCUT2D eigenvalue weighted by atomic mass is 9.90. The van der Waals surface area contributed by atoms with Crippen LogP contribution in [0, 0.1) is 5.92 Å². The first kappa shape index (κ1) is 11.1. The van der Waals surface area contributed by atoms with E-state index in [2.05, 4.69) is 10.9 Å². The Balaban J connectivity index is 2.17. The Hall–Kier alpha value is -1.43. The predicted octanol–water partition coefficient (Wildman–Crippen LogP) is -0.388. The molecule has 2 rings (SSSR count). The number of hydrazine groups is 1. The fourth-order valence-corrected chi connectivity index (χ4v) is 2.08. The number of hydrogen-bond donors (Lipinski definition) is 4. The zero-order valence-electron chi connectivity index (χ0n) is 8.89. The van der Waals surface area contributed by atoms with E-state index in [-0.39, 0.29) is 30.5 Å². The Bertz CT molecular complexity index is 368. The maximum absolute atomic E-state index is 11.0. The van der Waals surface area contributed by atoms with Gasteiger partial charge in [0.2, 0.25) is 5.91 Å². The third kappa shape index (κ3) is 2.21. The van der Waals surface area contributed by atoms with Gasteiger partial charge in [0.25, 0.3) is 0 Å². The van der Waals surface area contributed by atoms with Crippen LogP contribution in [0.2, 0.25) is 0 Å². The second-order valence-electron chi connectivity index (χ2n) is 4.04. The molecule has 3 atom stereocenters. The summed E-state index contributed by atoms with van der Waals surface area (Å²) in [4.78, 5) is 11.0. The van der Waals surface area contributed by atoms with Crippen LogP contribution in [0.4, 0.5) is 0 Å². The largest absolute Gasteiger partial charge is 0.370 e. The third-order valence-corrected chi connectivity index (χ3v) is 2.89. The van der Waals surface area contributed by atoms with Gasteiger partial charge in [-0.25, -0.2) is 10.9 Å². The van der Waals surface area contributed by atoms with E-state index in [0.717, 1.165) is 5.56 Å². The summed E-state index contributed by atoms with van der Waals surface area (Å²) in [7, 11) is 0. The first-order chi connectivity index (χ1) is 7.68. The highest BCUT2D eigenvalue weighted by molar-refractivity contribution is 5.74. The molecule has 1 saturated heterocycles. The molecule has 5 heteroatoms. The number of nitrogens with one attached hydrogen (secondary N) is 2. The SMILES string of the molecule is NC(=O)CC1C(N)NNC1c1ccccc1. The molecule has 0 saturated carbocycles. The molecular weight excluding hydrogens is 204 g/mol. The standard InChI is InChI=1S/C11H16N4O/c12-9(16)6-8-10(14-15-11(8)13)7-4-2-1-3-5-7/h1-5,8,10-11,14-15H,6,13H2,(H2,12,16). The molecule has 1 heterocycles. The van der Waals surface area contributed by atoms with Gasteiger partial charge in [0.05, 0.1) is 12.2 Å². The molecule has 0 spiro atoms. The highest BCUT2D eigenvalue weighted by Crippen LogP contribution is 2.28. The molecule has 1 amide bonds. The molecule has 1 aromatic carbocycles. The molecular formula is C11H16N4O. The van der Waals surface area contributed by atoms with Crippen LogP contribution in [-0.2, 0) is 4.79 Å². The Kier molecular flexibility index (Phi) is 3.19. The monoisotopic (exact) mass is 220 g/mol. The van der Waals surface area contributed by atoms with Gasteiger partial charge in [-0.1, -0.05) is 30.3 Å². The molecule has 16 heavy (non-hydrogen) atoms. The maximum Gasteiger partial charge on any atom is 0.217 e. The molecule has 0 bridgehead atoms. The Morgan fingerprint density at radius 3 is 2.56 bits per heavy atom. The second-order valence-corrected chi connectivity index (χ2v) is 4.04. The third-order valence-electron chi connectivity index (χ3n) is 2.89. The van der Waals surface area contributed by atoms with Gasteiger partial charge in [-0.15, -0.1) is 0 Å². The van der Waals surface area contributed by atoms with Crippen molar-refractivity contribution in [3.05, 3.63) is 35.9 Å². The molecule has 0 radical (unpaired) electrons. The predicted molar refractivity (Wildman–Crippen MR) is 60.7 cm³/mol. The van der Waals surface area contributed by atoms with Gasteiger partial charge in [0.1, 0.15) is 0 Å². The van der Waals surface area contributed by atoms with Gasteiger partial charge < -0.3 is 11.5 Å². The lowest BCUT2D eigenvalue weighted by molar-refractivity contribution is -0.119. The van der Waals surface area contributed by atoms with E-state index in [1.165, 1.54) is 0 Å². The Morgan fingerprint density at radius 1 is 1.25 bits per heavy atom. The van der Waals surface area contributed by atoms with Crippen molar-refractivity contribution in [3.63, 3.8) is 0 Å². The van der Waals surface area contributed by atoms with Crippen LogP contribution >= 0.6 is 0 Å². The second kappa shape index (κ2) is 4.61. The summed E-state index contributed by atoms with van der Waals surface area (Å²) in [5.74, 6) is -0.341. The van der Waals surface area contributed by atoms with Crippen LogP contribution in [0.3, 0.4) is 0 Å². The molecule has 1 aliphatic heterocycles. The van der Waals surface area contributed by atoms with Crippen molar-refractivity contribution in [1.82, 2.24) is 10.9 Å². The van der Waals surface area contributed by atoms with Crippen LogP contribution < -0.4 is 22.3 Å². The van der Waals surface area contributed by atoms with Gasteiger partial charge in [-0.3, -0.25) is 4.79 Å². The quantitative estimate of drug-likeness (QED) is 0.558. The average Bonchev–Trinajstić information content (AvgIpc) is 2.61. The summed E-state index contributed by atoms with van der Waals surface area (Å²) in [5, 5.41) is 0. The molecule has 0 aromatic heterocycles. The van der Waals surface area contributed by atoms with Crippen LogP contribution in [-0.4, -0.2) is 12.1 Å². The van der Waals surface area contributed by atoms with Crippen LogP contribution in [0.15, 0.2) is 30.3 Å². The average molecular weight is 220 g/mol. The van der Waals surface area contributed by atoms with E-state index in [1.54, 1.807) is 0 Å². The summed E-state index contributed by atoms with van der Waals surface area (Å²) < 4.78 is 0. The highest BCUT2D eigenvalue weighted by atomic mass is 16.1. The van der Waals surface area contributed by atoms with Crippen LogP contribution in [0.25, 0.3) is 0 Å². The van der Waals surface area contributed by atoms with Crippen molar-refractivity contribution in [3.8, 4) is 0 Å². The van der Waals surface area contributed by atoms with E-state index >= 15 is 0 Å². The van der Waals surface area contributed by atoms with Crippen molar-refractivity contribution in [2.75, 3.05) is 0 Å². The zero-order valence-corrected chi connectivity index (χ0v) is 8.89. The number of rotatable bonds is 3. The summed E-state index contributed by atoms with van der Waals surface area (Å²) in [6.07, 6.45) is 0.0264. The van der Waals surface area contributed by atoms with E-state index in [1.807, 2.05) is 30.3 Å². The van der Waals surface area contributed by atoms with E-state index in [0.29, 0.717) is 0 Å². The lowest BCUT2D eigenvalue weighted by Gasteiger charge is -2.19. The van der Waals surface area contributed by atoms with E-state index in [4.69, 9.17) is 11.5 Å². The summed E-state index contributed by atoms with van der Waals surface area (Å²) in [6.45, 7) is 0. The van der Waals surface area contributed by atoms with E-state index in [9.17, 15) is 4.79 Å². The van der Waals surface area contributed by atoms with Gasteiger partial charge in [-0.05, 0) is 5.56 Å². The Labute approximate surface area is 94.2 Å². The fraction of sp³-hybridized carbons (Fsp3) is 0.364. The zero-order chi connectivity index (χ0) is 11.5. The fourth-order valence-electron chi connectivity index (χ4n) is 2.08. The van der Waals surface area contributed by atoms with Crippen LogP contribution in [0.1, 0.15) is 18.0 Å². The summed E-state index contributed by atoms with van der Waals surface area (Å²) in [6, 6.07) is 9.92. The van der Waals surface area contributed by atoms with Crippen molar-refractivity contribution in [2.45, 2.75) is 18.6 Å². The highest BCUT2D eigenvalue weighted by Gasteiger charge is 2.35. The van der Waals surface area contributed by atoms with Crippen LogP contribution in [0.5, 0.6) is 0 Å². The molecule has 1 fully saturated rings.